The smallest absolute Gasteiger partial charge is 0.193 e. The van der Waals surface area contributed by atoms with Crippen LogP contribution in [0.15, 0.2) is 35.3 Å². The van der Waals surface area contributed by atoms with Gasteiger partial charge in [-0.25, -0.2) is 8.42 Å². The minimum atomic E-state index is -2.82. The van der Waals surface area contributed by atoms with Gasteiger partial charge in [0, 0.05) is 33.2 Å². The van der Waals surface area contributed by atoms with Gasteiger partial charge < -0.3 is 15.0 Å². The Kier molecular flexibility index (Phi) is 11.0. The lowest BCUT2D eigenvalue weighted by Gasteiger charge is -2.26. The monoisotopic (exact) mass is 510 g/mol. The number of hydrogen-bond acceptors (Lipinski definition) is 5. The zero-order valence-corrected chi connectivity index (χ0v) is 19.3. The second-order valence-electron chi connectivity index (χ2n) is 6.31. The molecule has 1 fully saturated rings. The molecule has 1 saturated heterocycles. The first-order valence-electron chi connectivity index (χ1n) is 9.10. The Hall–Kier alpha value is -1.07. The molecule has 0 aliphatic carbocycles. The van der Waals surface area contributed by atoms with E-state index in [0.717, 1.165) is 31.3 Å². The fourth-order valence-electron chi connectivity index (χ4n) is 2.66. The molecule has 0 radical (unpaired) electrons. The summed E-state index contributed by atoms with van der Waals surface area (Å²) in [5.41, 5.74) is 0. The summed E-state index contributed by atoms with van der Waals surface area (Å²) >= 11 is 0. The molecule has 2 rings (SSSR count). The largest absolute Gasteiger partial charge is 0.492 e. The number of hydrogen-bond donors (Lipinski definition) is 1. The van der Waals surface area contributed by atoms with Crippen molar-refractivity contribution in [1.29, 1.82) is 0 Å². The van der Waals surface area contributed by atoms with E-state index in [9.17, 15) is 8.42 Å². The molecule has 0 amide bonds. The zero-order chi connectivity index (χ0) is 18.8. The van der Waals surface area contributed by atoms with Gasteiger partial charge in [-0.2, -0.15) is 0 Å². The number of halogens is 1. The molecule has 1 N–H and O–H groups in total. The van der Waals surface area contributed by atoms with E-state index in [0.29, 0.717) is 26.2 Å². The minimum absolute atomic E-state index is 0. The summed E-state index contributed by atoms with van der Waals surface area (Å²) in [4.78, 5) is 8.86. The van der Waals surface area contributed by atoms with E-state index in [2.05, 4.69) is 15.2 Å². The molecule has 154 valence electrons. The van der Waals surface area contributed by atoms with Crippen LogP contribution in [0.25, 0.3) is 0 Å². The summed E-state index contributed by atoms with van der Waals surface area (Å²) in [6.07, 6.45) is 0. The predicted molar refractivity (Wildman–Crippen MR) is 121 cm³/mol. The number of benzene rings is 1. The number of ether oxygens (including phenoxy) is 1. The quantitative estimate of drug-likeness (QED) is 0.323. The predicted octanol–water partition coefficient (Wildman–Crippen LogP) is 1.31. The van der Waals surface area contributed by atoms with Gasteiger partial charge in [0.1, 0.15) is 12.4 Å². The third kappa shape index (κ3) is 9.11. The lowest BCUT2D eigenvalue weighted by atomic mass is 10.3. The Balaban J connectivity index is 0.00000364. The maximum atomic E-state index is 11.5. The van der Waals surface area contributed by atoms with Gasteiger partial charge in [-0.3, -0.25) is 9.89 Å². The number of guanidine groups is 1. The molecule has 7 nitrogen and oxygen atoms in total. The van der Waals surface area contributed by atoms with Crippen molar-refractivity contribution in [2.24, 2.45) is 4.99 Å². The third-order valence-electron chi connectivity index (χ3n) is 4.25. The van der Waals surface area contributed by atoms with E-state index in [1.54, 1.807) is 0 Å². The molecule has 0 atom stereocenters. The Labute approximate surface area is 180 Å². The van der Waals surface area contributed by atoms with Gasteiger partial charge >= 0.3 is 0 Å². The molecule has 27 heavy (non-hydrogen) atoms. The molecule has 0 saturated carbocycles. The van der Waals surface area contributed by atoms with Crippen LogP contribution in [0.2, 0.25) is 0 Å². The van der Waals surface area contributed by atoms with Crippen LogP contribution in [-0.2, 0) is 9.84 Å². The van der Waals surface area contributed by atoms with Crippen molar-refractivity contribution in [2.45, 2.75) is 6.92 Å². The highest BCUT2D eigenvalue weighted by molar-refractivity contribution is 14.0. The molecule has 0 unspecified atom stereocenters. The summed E-state index contributed by atoms with van der Waals surface area (Å²) in [6.45, 7) is 6.77. The number of sulfone groups is 1. The molecule has 0 spiro atoms. The second kappa shape index (κ2) is 12.4. The summed E-state index contributed by atoms with van der Waals surface area (Å²) in [5.74, 6) is 2.22. The SMILES string of the molecule is CCNC(=NCCN1CCS(=O)(=O)CC1)N(C)CCOc1ccccc1.I. The maximum Gasteiger partial charge on any atom is 0.193 e. The standard InChI is InChI=1S/C18H30N4O3S.HI/c1-3-19-18(20-9-10-22-12-15-26(23,24)16-13-22)21(2)11-14-25-17-7-5-4-6-8-17;/h4-8H,3,9-16H2,1-2H3,(H,19,20);1H. The van der Waals surface area contributed by atoms with Gasteiger partial charge in [0.15, 0.2) is 15.8 Å². The van der Waals surface area contributed by atoms with Crippen molar-refractivity contribution < 1.29 is 13.2 Å². The summed E-state index contributed by atoms with van der Waals surface area (Å²) in [6, 6.07) is 9.76. The van der Waals surface area contributed by atoms with Crippen LogP contribution in [0.4, 0.5) is 0 Å². The normalized spacial score (nSPS) is 17.0. The van der Waals surface area contributed by atoms with Crippen molar-refractivity contribution in [3.63, 3.8) is 0 Å². The van der Waals surface area contributed by atoms with Crippen LogP contribution in [0.1, 0.15) is 6.92 Å². The second-order valence-corrected chi connectivity index (χ2v) is 8.62. The van der Waals surface area contributed by atoms with E-state index in [-0.39, 0.29) is 35.5 Å². The molecule has 1 aromatic carbocycles. The average molecular weight is 510 g/mol. The van der Waals surface area contributed by atoms with Gasteiger partial charge in [0.2, 0.25) is 0 Å². The van der Waals surface area contributed by atoms with E-state index < -0.39 is 9.84 Å². The number of nitrogens with one attached hydrogen (secondary N) is 1. The van der Waals surface area contributed by atoms with Gasteiger partial charge in [-0.1, -0.05) is 18.2 Å². The van der Waals surface area contributed by atoms with Crippen LogP contribution in [0.5, 0.6) is 5.75 Å². The first-order valence-corrected chi connectivity index (χ1v) is 10.9. The first-order chi connectivity index (χ1) is 12.5. The van der Waals surface area contributed by atoms with Crippen molar-refractivity contribution >= 4 is 39.8 Å². The Morgan fingerprint density at radius 2 is 1.93 bits per heavy atom. The lowest BCUT2D eigenvalue weighted by molar-refractivity contribution is 0.280. The molecular formula is C18H31IN4O3S. The number of rotatable bonds is 8. The van der Waals surface area contributed by atoms with E-state index in [1.807, 2.05) is 49.2 Å². The number of nitrogens with zero attached hydrogens (tertiary/aromatic N) is 3. The first kappa shape index (κ1) is 24.0. The van der Waals surface area contributed by atoms with Crippen molar-refractivity contribution in [3.8, 4) is 5.75 Å². The molecule has 1 aromatic rings. The molecule has 0 aromatic heterocycles. The van der Waals surface area contributed by atoms with Crippen molar-refractivity contribution in [3.05, 3.63) is 30.3 Å². The summed E-state index contributed by atoms with van der Waals surface area (Å²) in [5, 5.41) is 3.29. The topological polar surface area (TPSA) is 74.2 Å². The molecule has 0 bridgehead atoms. The summed E-state index contributed by atoms with van der Waals surface area (Å²) < 4.78 is 28.7. The van der Waals surface area contributed by atoms with Crippen LogP contribution in [0, 0.1) is 0 Å². The average Bonchev–Trinajstić information content (AvgIpc) is 2.63. The van der Waals surface area contributed by atoms with E-state index in [4.69, 9.17) is 4.74 Å². The van der Waals surface area contributed by atoms with Gasteiger partial charge in [0.25, 0.3) is 0 Å². The van der Waals surface area contributed by atoms with Gasteiger partial charge in [0.05, 0.1) is 24.6 Å². The fraction of sp³-hybridized carbons (Fsp3) is 0.611. The molecule has 1 aliphatic heterocycles. The zero-order valence-electron chi connectivity index (χ0n) is 16.1. The molecular weight excluding hydrogens is 479 g/mol. The Morgan fingerprint density at radius 1 is 1.26 bits per heavy atom. The minimum Gasteiger partial charge on any atom is -0.492 e. The van der Waals surface area contributed by atoms with Crippen LogP contribution in [0.3, 0.4) is 0 Å². The Bertz CT molecular complexity index is 656. The molecule has 1 aliphatic rings. The van der Waals surface area contributed by atoms with E-state index in [1.165, 1.54) is 0 Å². The molecule has 9 heteroatoms. The highest BCUT2D eigenvalue weighted by Gasteiger charge is 2.20. The van der Waals surface area contributed by atoms with Gasteiger partial charge in [-0.15, -0.1) is 24.0 Å². The highest BCUT2D eigenvalue weighted by atomic mass is 127. The Morgan fingerprint density at radius 3 is 2.56 bits per heavy atom. The fourth-order valence-corrected chi connectivity index (χ4v) is 3.94. The van der Waals surface area contributed by atoms with Crippen LogP contribution in [-0.4, -0.2) is 88.6 Å². The number of aliphatic imine (C=N–C) groups is 1. The van der Waals surface area contributed by atoms with E-state index >= 15 is 0 Å². The molecule has 1 heterocycles. The number of para-hydroxylation sites is 1. The van der Waals surface area contributed by atoms with Crippen LogP contribution >= 0.6 is 24.0 Å². The summed E-state index contributed by atoms with van der Waals surface area (Å²) in [7, 11) is -0.835. The lowest BCUT2D eigenvalue weighted by Crippen LogP contribution is -2.43. The highest BCUT2D eigenvalue weighted by Crippen LogP contribution is 2.08. The maximum absolute atomic E-state index is 11.5. The number of likely N-dealkylation sites (N-methyl/N-ethyl adjacent to an activating group) is 1. The third-order valence-corrected chi connectivity index (χ3v) is 5.86. The van der Waals surface area contributed by atoms with Crippen molar-refractivity contribution in [2.75, 3.05) is 64.4 Å². The van der Waals surface area contributed by atoms with Crippen molar-refractivity contribution in [1.82, 2.24) is 15.1 Å². The van der Waals surface area contributed by atoms with Crippen LogP contribution < -0.4 is 10.1 Å². The van der Waals surface area contributed by atoms with Gasteiger partial charge in [-0.05, 0) is 19.1 Å².